The lowest BCUT2D eigenvalue weighted by Crippen LogP contribution is -2.53. The lowest BCUT2D eigenvalue weighted by atomic mass is 9.87. The summed E-state index contributed by atoms with van der Waals surface area (Å²) in [7, 11) is 0. The third-order valence-electron chi connectivity index (χ3n) is 3.94. The summed E-state index contributed by atoms with van der Waals surface area (Å²) in [6.07, 6.45) is 3.44. The number of hydrogen-bond acceptors (Lipinski definition) is 3. The standard InChI is InChI=1S/C12H26N2O/c1-4-11-5-6-14(9(2)10(3)15)12(7-11)8-13/h9-12,15H,4-8,13H2,1-3H3. The summed E-state index contributed by atoms with van der Waals surface area (Å²) in [6.45, 7) is 8.02. The average molecular weight is 214 g/mol. The SMILES string of the molecule is CCC1CCN(C(C)C(C)O)C(CN)C1. The van der Waals surface area contributed by atoms with Crippen LogP contribution in [0.3, 0.4) is 0 Å². The Kier molecular flexibility index (Phi) is 5.03. The number of aliphatic hydroxyl groups is 1. The lowest BCUT2D eigenvalue weighted by molar-refractivity contribution is 0.0136. The second-order valence-corrected chi connectivity index (χ2v) is 4.91. The van der Waals surface area contributed by atoms with E-state index >= 15 is 0 Å². The summed E-state index contributed by atoms with van der Waals surface area (Å²) in [4.78, 5) is 2.39. The summed E-state index contributed by atoms with van der Waals surface area (Å²) in [5.74, 6) is 0.830. The Bertz CT molecular complexity index is 184. The fourth-order valence-electron chi connectivity index (χ4n) is 2.57. The molecule has 0 aromatic rings. The maximum atomic E-state index is 9.63. The number of rotatable bonds is 4. The van der Waals surface area contributed by atoms with Crippen LogP contribution in [0.4, 0.5) is 0 Å². The second-order valence-electron chi connectivity index (χ2n) is 4.91. The molecule has 1 fully saturated rings. The fraction of sp³-hybridized carbons (Fsp3) is 1.00. The molecule has 0 aromatic carbocycles. The Morgan fingerprint density at radius 2 is 2.13 bits per heavy atom. The second kappa shape index (κ2) is 5.83. The van der Waals surface area contributed by atoms with Crippen molar-refractivity contribution in [3.63, 3.8) is 0 Å². The number of nitrogens with two attached hydrogens (primary N) is 1. The Balaban J connectivity index is 2.57. The monoisotopic (exact) mass is 214 g/mol. The predicted molar refractivity (Wildman–Crippen MR) is 63.7 cm³/mol. The summed E-state index contributed by atoms with van der Waals surface area (Å²) in [6, 6.07) is 0.699. The van der Waals surface area contributed by atoms with Crippen molar-refractivity contribution < 1.29 is 5.11 Å². The summed E-state index contributed by atoms with van der Waals surface area (Å²) < 4.78 is 0. The first-order valence-corrected chi connectivity index (χ1v) is 6.24. The number of piperidine rings is 1. The Hall–Kier alpha value is -0.120. The van der Waals surface area contributed by atoms with Gasteiger partial charge in [-0.25, -0.2) is 0 Å². The molecule has 1 aliphatic rings. The number of aliphatic hydroxyl groups excluding tert-OH is 1. The molecule has 3 N–H and O–H groups in total. The topological polar surface area (TPSA) is 49.5 Å². The minimum Gasteiger partial charge on any atom is -0.392 e. The fourth-order valence-corrected chi connectivity index (χ4v) is 2.57. The van der Waals surface area contributed by atoms with Gasteiger partial charge in [0.15, 0.2) is 0 Å². The minimum atomic E-state index is -0.266. The molecule has 90 valence electrons. The van der Waals surface area contributed by atoms with E-state index in [9.17, 15) is 5.11 Å². The van der Waals surface area contributed by atoms with Gasteiger partial charge in [0.05, 0.1) is 6.10 Å². The molecule has 0 aliphatic carbocycles. The van der Waals surface area contributed by atoms with E-state index in [2.05, 4.69) is 18.7 Å². The van der Waals surface area contributed by atoms with Gasteiger partial charge in [-0.2, -0.15) is 0 Å². The van der Waals surface area contributed by atoms with Crippen molar-refractivity contribution in [1.82, 2.24) is 4.90 Å². The molecular formula is C12H26N2O. The zero-order chi connectivity index (χ0) is 11.4. The maximum Gasteiger partial charge on any atom is 0.0664 e. The van der Waals surface area contributed by atoms with Crippen molar-refractivity contribution in [3.05, 3.63) is 0 Å². The van der Waals surface area contributed by atoms with Gasteiger partial charge in [-0.15, -0.1) is 0 Å². The molecule has 0 saturated carbocycles. The van der Waals surface area contributed by atoms with Crippen LogP contribution in [-0.2, 0) is 0 Å². The Morgan fingerprint density at radius 1 is 1.47 bits per heavy atom. The van der Waals surface area contributed by atoms with Crippen molar-refractivity contribution >= 4 is 0 Å². The summed E-state index contributed by atoms with van der Waals surface area (Å²) in [5, 5.41) is 9.63. The first kappa shape index (κ1) is 12.9. The molecule has 0 radical (unpaired) electrons. The van der Waals surface area contributed by atoms with Gasteiger partial charge in [0, 0.05) is 18.6 Å². The molecule has 1 heterocycles. The van der Waals surface area contributed by atoms with E-state index in [4.69, 9.17) is 5.73 Å². The first-order chi connectivity index (χ1) is 7.10. The molecule has 0 aromatic heterocycles. The van der Waals surface area contributed by atoms with Crippen molar-refractivity contribution in [2.24, 2.45) is 11.7 Å². The summed E-state index contributed by atoms with van der Waals surface area (Å²) in [5.41, 5.74) is 5.83. The molecule has 0 amide bonds. The molecule has 15 heavy (non-hydrogen) atoms. The van der Waals surface area contributed by atoms with E-state index in [0.29, 0.717) is 12.6 Å². The van der Waals surface area contributed by atoms with Gasteiger partial charge in [0.1, 0.15) is 0 Å². The molecule has 3 heteroatoms. The van der Waals surface area contributed by atoms with Crippen LogP contribution in [-0.4, -0.2) is 41.3 Å². The quantitative estimate of drug-likeness (QED) is 0.739. The zero-order valence-corrected chi connectivity index (χ0v) is 10.3. The maximum absolute atomic E-state index is 9.63. The van der Waals surface area contributed by atoms with E-state index in [1.807, 2.05) is 6.92 Å². The number of hydrogen-bond donors (Lipinski definition) is 2. The smallest absolute Gasteiger partial charge is 0.0664 e. The third kappa shape index (κ3) is 3.16. The van der Waals surface area contributed by atoms with E-state index in [1.54, 1.807) is 0 Å². The van der Waals surface area contributed by atoms with Gasteiger partial charge >= 0.3 is 0 Å². The van der Waals surface area contributed by atoms with Gasteiger partial charge in [-0.05, 0) is 39.2 Å². The molecule has 0 spiro atoms. The highest BCUT2D eigenvalue weighted by Gasteiger charge is 2.31. The minimum absolute atomic E-state index is 0.233. The summed E-state index contributed by atoms with van der Waals surface area (Å²) >= 11 is 0. The third-order valence-corrected chi connectivity index (χ3v) is 3.94. The van der Waals surface area contributed by atoms with Gasteiger partial charge < -0.3 is 10.8 Å². The molecule has 0 bridgehead atoms. The van der Waals surface area contributed by atoms with Crippen LogP contribution < -0.4 is 5.73 Å². The van der Waals surface area contributed by atoms with Crippen molar-refractivity contribution in [3.8, 4) is 0 Å². The van der Waals surface area contributed by atoms with Crippen LogP contribution in [0.25, 0.3) is 0 Å². The first-order valence-electron chi connectivity index (χ1n) is 6.24. The average Bonchev–Trinajstić information content (AvgIpc) is 2.27. The van der Waals surface area contributed by atoms with Crippen LogP contribution in [0.2, 0.25) is 0 Å². The van der Waals surface area contributed by atoms with Gasteiger partial charge in [-0.1, -0.05) is 13.3 Å². The van der Waals surface area contributed by atoms with Gasteiger partial charge in [0.25, 0.3) is 0 Å². The molecule has 1 rings (SSSR count). The lowest BCUT2D eigenvalue weighted by Gasteiger charge is -2.43. The molecular weight excluding hydrogens is 188 g/mol. The van der Waals surface area contributed by atoms with E-state index < -0.39 is 0 Å². The van der Waals surface area contributed by atoms with Crippen molar-refractivity contribution in [2.45, 2.75) is 58.2 Å². The van der Waals surface area contributed by atoms with Crippen LogP contribution in [0.5, 0.6) is 0 Å². The molecule has 1 aliphatic heterocycles. The van der Waals surface area contributed by atoms with Gasteiger partial charge in [0.2, 0.25) is 0 Å². The predicted octanol–water partition coefficient (Wildman–Crippen LogP) is 1.20. The number of nitrogens with zero attached hydrogens (tertiary/aromatic N) is 1. The van der Waals surface area contributed by atoms with Crippen LogP contribution in [0, 0.1) is 5.92 Å². The molecule has 1 saturated heterocycles. The largest absolute Gasteiger partial charge is 0.392 e. The van der Waals surface area contributed by atoms with Crippen molar-refractivity contribution in [1.29, 1.82) is 0 Å². The van der Waals surface area contributed by atoms with E-state index in [-0.39, 0.29) is 12.1 Å². The highest BCUT2D eigenvalue weighted by Crippen LogP contribution is 2.27. The van der Waals surface area contributed by atoms with Gasteiger partial charge in [-0.3, -0.25) is 4.90 Å². The number of likely N-dealkylation sites (tertiary alicyclic amines) is 1. The highest BCUT2D eigenvalue weighted by atomic mass is 16.3. The van der Waals surface area contributed by atoms with E-state index in [1.165, 1.54) is 19.3 Å². The highest BCUT2D eigenvalue weighted by molar-refractivity contribution is 4.86. The zero-order valence-electron chi connectivity index (χ0n) is 10.3. The van der Waals surface area contributed by atoms with Crippen LogP contribution >= 0.6 is 0 Å². The van der Waals surface area contributed by atoms with Crippen LogP contribution in [0.15, 0.2) is 0 Å². The van der Waals surface area contributed by atoms with Crippen molar-refractivity contribution in [2.75, 3.05) is 13.1 Å². The molecule has 4 atom stereocenters. The van der Waals surface area contributed by atoms with E-state index in [0.717, 1.165) is 12.5 Å². The molecule has 3 nitrogen and oxygen atoms in total. The molecule has 4 unspecified atom stereocenters. The Labute approximate surface area is 93.6 Å². The Morgan fingerprint density at radius 3 is 2.60 bits per heavy atom. The van der Waals surface area contributed by atoms with Crippen LogP contribution in [0.1, 0.15) is 40.0 Å². The normalized spacial score (nSPS) is 32.6.